The summed E-state index contributed by atoms with van der Waals surface area (Å²) < 4.78 is 0. The van der Waals surface area contributed by atoms with Crippen LogP contribution in [0.3, 0.4) is 0 Å². The van der Waals surface area contributed by atoms with Crippen LogP contribution < -0.4 is 16.8 Å². The van der Waals surface area contributed by atoms with Gasteiger partial charge in [-0.25, -0.2) is 4.79 Å². The molecule has 19 heavy (non-hydrogen) atoms. The molecule has 1 aromatic carbocycles. The van der Waals surface area contributed by atoms with E-state index in [0.717, 1.165) is 5.56 Å². The molecule has 102 valence electrons. The number of hydrogen-bond acceptors (Lipinski definition) is 5. The molecule has 0 aliphatic carbocycles. The second-order valence-electron chi connectivity index (χ2n) is 3.74. The van der Waals surface area contributed by atoms with E-state index in [-0.39, 0.29) is 18.3 Å². The summed E-state index contributed by atoms with van der Waals surface area (Å²) in [6.07, 6.45) is 0. The zero-order valence-corrected chi connectivity index (χ0v) is 10.6. The number of benzene rings is 1. The van der Waals surface area contributed by atoms with Gasteiger partial charge in [0, 0.05) is 19.0 Å². The van der Waals surface area contributed by atoms with Gasteiger partial charge in [0.1, 0.15) is 0 Å². The molecule has 0 bridgehead atoms. The summed E-state index contributed by atoms with van der Waals surface area (Å²) in [5, 5.41) is 6.11. The Hall–Kier alpha value is -2.41. The van der Waals surface area contributed by atoms with Crippen LogP contribution >= 0.6 is 0 Å². The van der Waals surface area contributed by atoms with Gasteiger partial charge in [-0.3, -0.25) is 4.79 Å². The highest BCUT2D eigenvalue weighted by Crippen LogP contribution is 2.04. The number of amidine groups is 1. The molecule has 1 amide bonds. The maximum absolute atomic E-state index is 11.0. The Labute approximate surface area is 110 Å². The van der Waals surface area contributed by atoms with E-state index < -0.39 is 5.97 Å². The molecule has 1 aromatic rings. The van der Waals surface area contributed by atoms with Gasteiger partial charge < -0.3 is 21.6 Å². The van der Waals surface area contributed by atoms with Crippen molar-refractivity contribution in [3.8, 4) is 0 Å². The molecule has 7 nitrogen and oxygen atoms in total. The SMILES string of the molecule is CC(=O)O/N=C(\N)c1ccc(CNC(=O)CN)cc1. The second-order valence-corrected chi connectivity index (χ2v) is 3.74. The Balaban J connectivity index is 2.63. The lowest BCUT2D eigenvalue weighted by atomic mass is 10.1. The summed E-state index contributed by atoms with van der Waals surface area (Å²) >= 11 is 0. The fourth-order valence-electron chi connectivity index (χ4n) is 1.23. The number of oxime groups is 1. The van der Waals surface area contributed by atoms with Crippen molar-refractivity contribution in [1.29, 1.82) is 0 Å². The molecule has 0 aromatic heterocycles. The minimum absolute atomic E-state index is 0.0416. The van der Waals surface area contributed by atoms with Gasteiger partial charge in [0.15, 0.2) is 5.84 Å². The van der Waals surface area contributed by atoms with Gasteiger partial charge in [0.2, 0.25) is 5.91 Å². The van der Waals surface area contributed by atoms with Gasteiger partial charge in [0.25, 0.3) is 0 Å². The number of hydrogen-bond donors (Lipinski definition) is 3. The fourth-order valence-corrected chi connectivity index (χ4v) is 1.23. The lowest BCUT2D eigenvalue weighted by Crippen LogP contribution is -2.29. The quantitative estimate of drug-likeness (QED) is 0.285. The van der Waals surface area contributed by atoms with Crippen molar-refractivity contribution >= 4 is 17.7 Å². The molecule has 0 aliphatic rings. The van der Waals surface area contributed by atoms with Gasteiger partial charge in [0.05, 0.1) is 6.54 Å². The smallest absolute Gasteiger partial charge is 0.332 e. The number of nitrogens with zero attached hydrogens (tertiary/aromatic N) is 1. The van der Waals surface area contributed by atoms with Crippen molar-refractivity contribution in [2.24, 2.45) is 16.6 Å². The van der Waals surface area contributed by atoms with Crippen LogP contribution in [-0.4, -0.2) is 24.3 Å². The van der Waals surface area contributed by atoms with Crippen LogP contribution in [0.15, 0.2) is 29.4 Å². The van der Waals surface area contributed by atoms with E-state index in [9.17, 15) is 9.59 Å². The van der Waals surface area contributed by atoms with Crippen molar-refractivity contribution < 1.29 is 14.4 Å². The van der Waals surface area contributed by atoms with E-state index in [1.807, 2.05) is 0 Å². The van der Waals surface area contributed by atoms with Crippen LogP contribution in [0.25, 0.3) is 0 Å². The van der Waals surface area contributed by atoms with E-state index in [1.165, 1.54) is 6.92 Å². The van der Waals surface area contributed by atoms with Crippen molar-refractivity contribution in [3.63, 3.8) is 0 Å². The van der Waals surface area contributed by atoms with Crippen LogP contribution in [-0.2, 0) is 21.0 Å². The average molecular weight is 264 g/mol. The van der Waals surface area contributed by atoms with Gasteiger partial charge in [-0.15, -0.1) is 0 Å². The third kappa shape index (κ3) is 5.17. The number of carbonyl (C=O) groups excluding carboxylic acids is 2. The number of carbonyl (C=O) groups is 2. The van der Waals surface area contributed by atoms with Gasteiger partial charge >= 0.3 is 5.97 Å². The van der Waals surface area contributed by atoms with E-state index in [2.05, 4.69) is 15.3 Å². The highest BCUT2D eigenvalue weighted by atomic mass is 16.7. The van der Waals surface area contributed by atoms with E-state index >= 15 is 0 Å². The van der Waals surface area contributed by atoms with Crippen molar-refractivity contribution in [3.05, 3.63) is 35.4 Å². The number of nitrogens with one attached hydrogen (secondary N) is 1. The molecule has 0 atom stereocenters. The predicted octanol–water partition coefficient (Wildman–Crippen LogP) is -0.555. The first kappa shape index (κ1) is 14.7. The van der Waals surface area contributed by atoms with Crippen LogP contribution in [0.2, 0.25) is 0 Å². The van der Waals surface area contributed by atoms with Crippen LogP contribution in [0.4, 0.5) is 0 Å². The molecule has 1 rings (SSSR count). The molecule has 0 spiro atoms. The van der Waals surface area contributed by atoms with Gasteiger partial charge in [-0.1, -0.05) is 29.4 Å². The Morgan fingerprint density at radius 1 is 1.32 bits per heavy atom. The van der Waals surface area contributed by atoms with Crippen molar-refractivity contribution in [1.82, 2.24) is 5.32 Å². The van der Waals surface area contributed by atoms with Crippen LogP contribution in [0.5, 0.6) is 0 Å². The minimum Gasteiger partial charge on any atom is -0.380 e. The van der Waals surface area contributed by atoms with Gasteiger partial charge in [-0.2, -0.15) is 0 Å². The Morgan fingerprint density at radius 2 is 1.95 bits per heavy atom. The summed E-state index contributed by atoms with van der Waals surface area (Å²) in [5.74, 6) is -0.656. The van der Waals surface area contributed by atoms with E-state index in [4.69, 9.17) is 11.5 Å². The zero-order chi connectivity index (χ0) is 14.3. The summed E-state index contributed by atoms with van der Waals surface area (Å²) in [4.78, 5) is 26.0. The van der Waals surface area contributed by atoms with Crippen molar-refractivity contribution in [2.45, 2.75) is 13.5 Å². The molecular weight excluding hydrogens is 248 g/mol. The summed E-state index contributed by atoms with van der Waals surface area (Å²) in [5.41, 5.74) is 12.3. The molecule has 0 unspecified atom stereocenters. The lowest BCUT2D eigenvalue weighted by molar-refractivity contribution is -0.140. The Kier molecular flexibility index (Phi) is 5.49. The third-order valence-corrected chi connectivity index (χ3v) is 2.20. The highest BCUT2D eigenvalue weighted by Gasteiger charge is 2.02. The number of nitrogens with two attached hydrogens (primary N) is 2. The molecular formula is C12H16N4O3. The monoisotopic (exact) mass is 264 g/mol. The maximum Gasteiger partial charge on any atom is 0.332 e. The number of rotatable bonds is 5. The van der Waals surface area contributed by atoms with Gasteiger partial charge in [-0.05, 0) is 5.56 Å². The van der Waals surface area contributed by atoms with Crippen molar-refractivity contribution in [2.75, 3.05) is 6.54 Å². The first-order valence-electron chi connectivity index (χ1n) is 5.60. The normalized spacial score (nSPS) is 10.9. The lowest BCUT2D eigenvalue weighted by Gasteiger charge is -2.05. The third-order valence-electron chi connectivity index (χ3n) is 2.20. The molecule has 0 saturated heterocycles. The first-order chi connectivity index (χ1) is 9.02. The number of amides is 1. The topological polar surface area (TPSA) is 120 Å². The molecule has 0 radical (unpaired) electrons. The standard InChI is InChI=1S/C12H16N4O3/c1-8(17)19-16-12(14)10-4-2-9(3-5-10)7-15-11(18)6-13/h2-5H,6-7,13H2,1H3,(H2,14,16)(H,15,18). The molecule has 0 aliphatic heterocycles. The predicted molar refractivity (Wildman–Crippen MR) is 69.8 cm³/mol. The molecule has 7 heteroatoms. The summed E-state index contributed by atoms with van der Waals surface area (Å²) in [7, 11) is 0. The second kappa shape index (κ2) is 7.12. The summed E-state index contributed by atoms with van der Waals surface area (Å²) in [6, 6.07) is 6.99. The average Bonchev–Trinajstić information content (AvgIpc) is 2.42. The first-order valence-corrected chi connectivity index (χ1v) is 5.60. The Bertz CT molecular complexity index is 482. The maximum atomic E-state index is 11.0. The largest absolute Gasteiger partial charge is 0.380 e. The van der Waals surface area contributed by atoms with Crippen LogP contribution in [0, 0.1) is 0 Å². The van der Waals surface area contributed by atoms with Crippen LogP contribution in [0.1, 0.15) is 18.1 Å². The molecule has 0 heterocycles. The van der Waals surface area contributed by atoms with E-state index in [0.29, 0.717) is 12.1 Å². The zero-order valence-electron chi connectivity index (χ0n) is 10.6. The van der Waals surface area contributed by atoms with E-state index in [1.54, 1.807) is 24.3 Å². The Morgan fingerprint density at radius 3 is 2.47 bits per heavy atom. The molecule has 0 fully saturated rings. The fraction of sp³-hybridized carbons (Fsp3) is 0.250. The molecule has 0 saturated carbocycles. The summed E-state index contributed by atoms with van der Waals surface area (Å²) in [6.45, 7) is 1.58. The minimum atomic E-state index is -0.538. The highest BCUT2D eigenvalue weighted by molar-refractivity contribution is 5.97. The molecule has 5 N–H and O–H groups in total.